The molecule has 0 saturated carbocycles. The molecule has 1 amide bonds. The zero-order valence-electron chi connectivity index (χ0n) is 14.2. The van der Waals surface area contributed by atoms with E-state index < -0.39 is 17.6 Å². The number of halogens is 1. The molecule has 0 unspecified atom stereocenters. The number of piperazine rings is 1. The van der Waals surface area contributed by atoms with Crippen molar-refractivity contribution in [1.29, 1.82) is 0 Å². The standard InChI is InChI=1S/C17H23BrN2O4/c1-17(2,3)24-16(23)20-9-7-19(8-10-20)14(15(21)22)12-5-4-6-13(18)11-12/h4-6,11,14H,7-10H2,1-3H3,(H,21,22)/t14-/m1/s1. The Labute approximate surface area is 150 Å². The number of nitrogens with one attached hydrogen (secondary N) is 1. The summed E-state index contributed by atoms with van der Waals surface area (Å²) in [5, 5.41) is 11.7. The number of hydrogen-bond acceptors (Lipinski definition) is 4. The molecule has 0 spiro atoms. The number of amides is 1. The third-order valence-corrected chi connectivity index (χ3v) is 4.38. The van der Waals surface area contributed by atoms with Crippen LogP contribution in [-0.2, 0) is 9.53 Å². The molecule has 1 atom stereocenters. The van der Waals surface area contributed by atoms with E-state index in [4.69, 9.17) is 4.74 Å². The van der Waals surface area contributed by atoms with Crippen LogP contribution in [-0.4, -0.2) is 48.7 Å². The summed E-state index contributed by atoms with van der Waals surface area (Å²) in [5.41, 5.74) is 0.162. The van der Waals surface area contributed by atoms with Gasteiger partial charge in [0.2, 0.25) is 0 Å². The van der Waals surface area contributed by atoms with Crippen molar-refractivity contribution in [2.24, 2.45) is 0 Å². The molecule has 1 aromatic rings. The highest BCUT2D eigenvalue weighted by Crippen LogP contribution is 2.17. The fraction of sp³-hybridized carbons (Fsp3) is 0.529. The third-order valence-electron chi connectivity index (χ3n) is 3.88. The van der Waals surface area contributed by atoms with E-state index in [9.17, 15) is 14.7 Å². The molecule has 6 nitrogen and oxygen atoms in total. The van der Waals surface area contributed by atoms with Crippen molar-refractivity contribution in [3.8, 4) is 0 Å². The summed E-state index contributed by atoms with van der Waals surface area (Å²) in [5.74, 6) is -1.10. The van der Waals surface area contributed by atoms with Gasteiger partial charge in [0, 0.05) is 10.0 Å². The lowest BCUT2D eigenvalue weighted by Crippen LogP contribution is -3.16. The minimum absolute atomic E-state index is 0.353. The van der Waals surface area contributed by atoms with Crippen LogP contribution in [0.5, 0.6) is 0 Å². The predicted octanol–water partition coefficient (Wildman–Crippen LogP) is 0.376. The molecule has 1 aliphatic rings. The van der Waals surface area contributed by atoms with Gasteiger partial charge in [-0.2, -0.15) is 0 Å². The zero-order chi connectivity index (χ0) is 17.9. The zero-order valence-corrected chi connectivity index (χ0v) is 15.8. The van der Waals surface area contributed by atoms with E-state index in [1.54, 1.807) is 17.0 Å². The van der Waals surface area contributed by atoms with Crippen molar-refractivity contribution in [3.63, 3.8) is 0 Å². The van der Waals surface area contributed by atoms with Gasteiger partial charge >= 0.3 is 6.09 Å². The van der Waals surface area contributed by atoms with Crippen molar-refractivity contribution in [2.45, 2.75) is 32.4 Å². The molecule has 0 radical (unpaired) electrons. The number of nitrogens with zero attached hydrogens (tertiary/aromatic N) is 1. The number of carbonyl (C=O) groups excluding carboxylic acids is 2. The average Bonchev–Trinajstić information content (AvgIpc) is 2.46. The molecule has 0 aromatic heterocycles. The largest absolute Gasteiger partial charge is 0.544 e. The van der Waals surface area contributed by atoms with Gasteiger partial charge in [-0.25, -0.2) is 4.79 Å². The number of ether oxygens (including phenoxy) is 1. The first kappa shape index (κ1) is 18.7. The van der Waals surface area contributed by atoms with Crippen molar-refractivity contribution >= 4 is 28.0 Å². The fourth-order valence-electron chi connectivity index (χ4n) is 2.82. The molecule has 1 heterocycles. The van der Waals surface area contributed by atoms with Crippen LogP contribution in [0.25, 0.3) is 0 Å². The Hall–Kier alpha value is -1.60. The van der Waals surface area contributed by atoms with Gasteiger partial charge in [0.05, 0.1) is 26.2 Å². The van der Waals surface area contributed by atoms with E-state index in [-0.39, 0.29) is 6.09 Å². The quantitative estimate of drug-likeness (QED) is 0.798. The number of quaternary nitrogens is 1. The SMILES string of the molecule is CC(C)(C)OC(=O)N1CC[NH+]([C@@H](C(=O)[O-])c2cccc(Br)c2)CC1. The van der Waals surface area contributed by atoms with E-state index in [2.05, 4.69) is 15.9 Å². The maximum Gasteiger partial charge on any atom is 0.410 e. The number of benzene rings is 1. The van der Waals surface area contributed by atoms with Gasteiger partial charge < -0.3 is 19.5 Å². The Kier molecular flexibility index (Phi) is 5.87. The molecular formula is C17H23BrN2O4. The van der Waals surface area contributed by atoms with E-state index in [1.807, 2.05) is 32.9 Å². The van der Waals surface area contributed by atoms with E-state index in [0.29, 0.717) is 31.7 Å². The molecule has 7 heteroatoms. The molecule has 1 saturated heterocycles. The first-order valence-electron chi connectivity index (χ1n) is 7.96. The highest BCUT2D eigenvalue weighted by atomic mass is 79.9. The summed E-state index contributed by atoms with van der Waals surface area (Å²) in [6.45, 7) is 7.46. The Morgan fingerprint density at radius 2 is 1.92 bits per heavy atom. The topological polar surface area (TPSA) is 74.1 Å². The monoisotopic (exact) mass is 398 g/mol. The molecule has 1 aliphatic heterocycles. The minimum Gasteiger partial charge on any atom is -0.544 e. The molecule has 132 valence electrons. The maximum absolute atomic E-state index is 12.1. The second-order valence-corrected chi connectivity index (χ2v) is 7.85. The third kappa shape index (κ3) is 4.95. The van der Waals surface area contributed by atoms with Gasteiger partial charge in [-0.05, 0) is 32.9 Å². The van der Waals surface area contributed by atoms with Crippen LogP contribution in [0.15, 0.2) is 28.7 Å². The predicted molar refractivity (Wildman–Crippen MR) is 90.4 cm³/mol. The van der Waals surface area contributed by atoms with Crippen LogP contribution >= 0.6 is 15.9 Å². The van der Waals surface area contributed by atoms with Gasteiger partial charge in [0.1, 0.15) is 11.6 Å². The van der Waals surface area contributed by atoms with Gasteiger partial charge in [-0.3, -0.25) is 4.90 Å². The van der Waals surface area contributed by atoms with Gasteiger partial charge in [0.15, 0.2) is 6.04 Å². The fourth-order valence-corrected chi connectivity index (χ4v) is 3.23. The molecule has 0 aliphatic carbocycles. The van der Waals surface area contributed by atoms with Crippen LogP contribution in [0.2, 0.25) is 0 Å². The van der Waals surface area contributed by atoms with Crippen molar-refractivity contribution in [1.82, 2.24) is 4.90 Å². The first-order valence-corrected chi connectivity index (χ1v) is 8.75. The molecule has 1 aromatic carbocycles. The Balaban J connectivity index is 2.04. The number of hydrogen-bond donors (Lipinski definition) is 1. The highest BCUT2D eigenvalue weighted by Gasteiger charge is 2.33. The van der Waals surface area contributed by atoms with Crippen molar-refractivity contribution < 1.29 is 24.3 Å². The normalized spacial score (nSPS) is 17.4. The van der Waals surface area contributed by atoms with Crippen molar-refractivity contribution in [2.75, 3.05) is 26.2 Å². The summed E-state index contributed by atoms with van der Waals surface area (Å²) >= 11 is 3.37. The van der Waals surface area contributed by atoms with Gasteiger partial charge in [0.25, 0.3) is 0 Å². The van der Waals surface area contributed by atoms with Crippen LogP contribution < -0.4 is 10.0 Å². The van der Waals surface area contributed by atoms with Crippen LogP contribution in [0.3, 0.4) is 0 Å². The Morgan fingerprint density at radius 1 is 1.29 bits per heavy atom. The molecule has 1 fully saturated rings. The van der Waals surface area contributed by atoms with E-state index in [1.165, 1.54) is 0 Å². The van der Waals surface area contributed by atoms with Gasteiger partial charge in [-0.15, -0.1) is 0 Å². The van der Waals surface area contributed by atoms with Crippen LogP contribution in [0.1, 0.15) is 32.4 Å². The highest BCUT2D eigenvalue weighted by molar-refractivity contribution is 9.10. The van der Waals surface area contributed by atoms with E-state index in [0.717, 1.165) is 9.37 Å². The Morgan fingerprint density at radius 3 is 2.42 bits per heavy atom. The Bertz CT molecular complexity index is 607. The smallest absolute Gasteiger partial charge is 0.410 e. The molecule has 1 N–H and O–H groups in total. The van der Waals surface area contributed by atoms with Gasteiger partial charge in [-0.1, -0.05) is 28.1 Å². The average molecular weight is 399 g/mol. The summed E-state index contributed by atoms with van der Waals surface area (Å²) < 4.78 is 6.20. The summed E-state index contributed by atoms with van der Waals surface area (Å²) in [7, 11) is 0. The number of carboxylic acids is 1. The molecular weight excluding hydrogens is 376 g/mol. The second kappa shape index (κ2) is 7.53. The number of carboxylic acid groups (broad SMARTS) is 1. The van der Waals surface area contributed by atoms with E-state index >= 15 is 0 Å². The second-order valence-electron chi connectivity index (χ2n) is 6.93. The maximum atomic E-state index is 12.1. The lowest BCUT2D eigenvalue weighted by molar-refractivity contribution is -0.928. The number of rotatable bonds is 3. The lowest BCUT2D eigenvalue weighted by Gasteiger charge is -2.37. The summed E-state index contributed by atoms with van der Waals surface area (Å²) in [6, 6.07) is 6.51. The summed E-state index contributed by atoms with van der Waals surface area (Å²) in [4.78, 5) is 26.3. The lowest BCUT2D eigenvalue weighted by atomic mass is 10.0. The minimum atomic E-state index is -1.10. The molecule has 0 bridgehead atoms. The van der Waals surface area contributed by atoms with Crippen LogP contribution in [0, 0.1) is 0 Å². The molecule has 2 rings (SSSR count). The number of carbonyl (C=O) groups is 2. The van der Waals surface area contributed by atoms with Crippen LogP contribution in [0.4, 0.5) is 4.79 Å². The number of aliphatic carboxylic acids is 1. The summed E-state index contributed by atoms with van der Waals surface area (Å²) in [6.07, 6.45) is -0.353. The molecule has 24 heavy (non-hydrogen) atoms. The first-order chi connectivity index (χ1) is 11.2. The van der Waals surface area contributed by atoms with Crippen molar-refractivity contribution in [3.05, 3.63) is 34.3 Å².